The number of ether oxygens (including phenoxy) is 1. The molecule has 0 spiro atoms. The second kappa shape index (κ2) is 8.17. The van der Waals surface area contributed by atoms with Crippen LogP contribution in [0.2, 0.25) is 5.02 Å². The maximum absolute atomic E-state index is 13.5. The van der Waals surface area contributed by atoms with Gasteiger partial charge in [0, 0.05) is 17.4 Å². The monoisotopic (exact) mass is 440 g/mol. The fraction of sp³-hybridized carbons (Fsp3) is 0.222. The van der Waals surface area contributed by atoms with Gasteiger partial charge in [-0.1, -0.05) is 11.6 Å². The molecule has 2 aromatic rings. The molecule has 1 amide bonds. The minimum Gasteiger partial charge on any atom is -0.335 e. The summed E-state index contributed by atoms with van der Waals surface area (Å²) in [4.78, 5) is 23.3. The molecule has 2 aromatic carbocycles. The van der Waals surface area contributed by atoms with Crippen molar-refractivity contribution in [2.45, 2.75) is 18.5 Å². The fourth-order valence-corrected chi connectivity index (χ4v) is 3.10. The average Bonchev–Trinajstić information content (AvgIpc) is 3.14. The van der Waals surface area contributed by atoms with Crippen molar-refractivity contribution in [3.05, 3.63) is 63.2 Å². The Morgan fingerprint density at radius 2 is 1.97 bits per heavy atom. The minimum absolute atomic E-state index is 0.0819. The zero-order valence-corrected chi connectivity index (χ0v) is 15.6. The van der Waals surface area contributed by atoms with E-state index in [0.717, 1.165) is 23.1 Å². The van der Waals surface area contributed by atoms with Gasteiger partial charge in [0.2, 0.25) is 6.23 Å². The van der Waals surface area contributed by atoms with E-state index < -0.39 is 41.6 Å². The Morgan fingerprint density at radius 3 is 2.50 bits per heavy atom. The lowest BCUT2D eigenvalue weighted by Crippen LogP contribution is -2.42. The third-order valence-corrected chi connectivity index (χ3v) is 4.56. The van der Waals surface area contributed by atoms with Crippen molar-refractivity contribution in [3.63, 3.8) is 0 Å². The zero-order chi connectivity index (χ0) is 22.1. The summed E-state index contributed by atoms with van der Waals surface area (Å²) in [6.45, 7) is -0.458. The van der Waals surface area contributed by atoms with Gasteiger partial charge in [-0.25, -0.2) is 0 Å². The van der Waals surface area contributed by atoms with E-state index >= 15 is 0 Å². The second-order valence-corrected chi connectivity index (χ2v) is 6.65. The smallest absolute Gasteiger partial charge is 0.335 e. The van der Waals surface area contributed by atoms with Crippen LogP contribution in [0.4, 0.5) is 30.2 Å². The summed E-state index contributed by atoms with van der Waals surface area (Å²) >= 11 is 5.80. The molecule has 1 heterocycles. The van der Waals surface area contributed by atoms with Crippen LogP contribution in [0.25, 0.3) is 0 Å². The van der Waals surface area contributed by atoms with Crippen molar-refractivity contribution in [3.8, 4) is 6.07 Å². The molecule has 2 unspecified atom stereocenters. The Balaban J connectivity index is 1.82. The highest BCUT2D eigenvalue weighted by Gasteiger charge is 2.52. The Hall–Kier alpha value is -3.36. The van der Waals surface area contributed by atoms with Gasteiger partial charge in [0.05, 0.1) is 23.1 Å². The largest absolute Gasteiger partial charge is 0.433 e. The molecule has 0 bridgehead atoms. The number of amides is 1. The molecular weight excluding hydrogens is 429 g/mol. The summed E-state index contributed by atoms with van der Waals surface area (Å²) < 4.78 is 45.4. The van der Waals surface area contributed by atoms with E-state index in [-0.39, 0.29) is 16.4 Å². The first-order valence-corrected chi connectivity index (χ1v) is 8.71. The maximum atomic E-state index is 13.5. The molecule has 0 saturated carbocycles. The topological polar surface area (TPSA) is 109 Å². The summed E-state index contributed by atoms with van der Waals surface area (Å²) in [6.07, 6.45) is -8.74. The molecule has 8 nitrogen and oxygen atoms in total. The fourth-order valence-electron chi connectivity index (χ4n) is 2.86. The highest BCUT2D eigenvalue weighted by atomic mass is 35.5. The van der Waals surface area contributed by atoms with Crippen LogP contribution < -0.4 is 10.2 Å². The number of anilines is 2. The van der Waals surface area contributed by atoms with Crippen molar-refractivity contribution in [2.75, 3.05) is 16.8 Å². The van der Waals surface area contributed by atoms with Crippen LogP contribution in [0.15, 0.2) is 42.5 Å². The van der Waals surface area contributed by atoms with Gasteiger partial charge in [0.1, 0.15) is 5.02 Å². The standard InChI is InChI=1S/C18H12ClF3N4O4/c19-13-7-12(5-6-14(13)26(28)29)25-9-15(30-17(25)18(20,21)22)16(27)24-11-3-1-10(8-23)2-4-11/h1-7,15,17H,9H2,(H,24,27). The number of halogens is 4. The third kappa shape index (κ3) is 4.45. The molecule has 1 saturated heterocycles. The first-order valence-electron chi connectivity index (χ1n) is 8.34. The summed E-state index contributed by atoms with van der Waals surface area (Å²) in [6, 6.07) is 10.7. The Kier molecular flexibility index (Phi) is 5.82. The number of hydrogen-bond donors (Lipinski definition) is 1. The molecule has 1 N–H and O–H groups in total. The molecule has 12 heteroatoms. The highest BCUT2D eigenvalue weighted by molar-refractivity contribution is 6.32. The lowest BCUT2D eigenvalue weighted by Gasteiger charge is -2.26. The van der Waals surface area contributed by atoms with Gasteiger partial charge >= 0.3 is 6.18 Å². The van der Waals surface area contributed by atoms with Crippen molar-refractivity contribution >= 4 is 34.6 Å². The van der Waals surface area contributed by atoms with Crippen LogP contribution >= 0.6 is 11.6 Å². The predicted octanol–water partition coefficient (Wildman–Crippen LogP) is 3.85. The Labute approximate surface area is 172 Å². The summed E-state index contributed by atoms with van der Waals surface area (Å²) in [5, 5.41) is 21.7. The van der Waals surface area contributed by atoms with Crippen LogP contribution in [0, 0.1) is 21.4 Å². The van der Waals surface area contributed by atoms with E-state index in [1.165, 1.54) is 24.3 Å². The van der Waals surface area contributed by atoms with E-state index in [1.54, 1.807) is 0 Å². The number of nitriles is 1. The van der Waals surface area contributed by atoms with Crippen molar-refractivity contribution < 1.29 is 27.6 Å². The van der Waals surface area contributed by atoms with Crippen LogP contribution in [-0.2, 0) is 9.53 Å². The predicted molar refractivity (Wildman–Crippen MR) is 100.0 cm³/mol. The SMILES string of the molecule is N#Cc1ccc(NC(=O)C2CN(c3ccc([N+](=O)[O-])c(Cl)c3)C(C(F)(F)F)O2)cc1. The number of carbonyl (C=O) groups excluding carboxylic acids is 1. The van der Waals surface area contributed by atoms with E-state index in [9.17, 15) is 28.1 Å². The van der Waals surface area contributed by atoms with E-state index in [1.807, 2.05) is 6.07 Å². The zero-order valence-electron chi connectivity index (χ0n) is 14.9. The third-order valence-electron chi connectivity index (χ3n) is 4.25. The normalized spacial score (nSPS) is 18.7. The van der Waals surface area contributed by atoms with Gasteiger partial charge in [0.25, 0.3) is 11.6 Å². The van der Waals surface area contributed by atoms with Crippen molar-refractivity contribution in [2.24, 2.45) is 0 Å². The van der Waals surface area contributed by atoms with Gasteiger partial charge in [-0.15, -0.1) is 0 Å². The average molecular weight is 441 g/mol. The Morgan fingerprint density at radius 1 is 1.30 bits per heavy atom. The molecule has 1 fully saturated rings. The van der Waals surface area contributed by atoms with Crippen molar-refractivity contribution in [1.82, 2.24) is 0 Å². The number of benzene rings is 2. The molecule has 0 aromatic heterocycles. The molecule has 0 aliphatic carbocycles. The number of hydrogen-bond acceptors (Lipinski definition) is 6. The van der Waals surface area contributed by atoms with Crippen LogP contribution in [0.1, 0.15) is 5.56 Å². The maximum Gasteiger partial charge on any atom is 0.433 e. The van der Waals surface area contributed by atoms with Crippen LogP contribution in [0.3, 0.4) is 0 Å². The summed E-state index contributed by atoms with van der Waals surface area (Å²) in [5.74, 6) is -0.815. The lowest BCUT2D eigenvalue weighted by molar-refractivity contribution is -0.384. The quantitative estimate of drug-likeness (QED) is 0.571. The van der Waals surface area contributed by atoms with E-state index in [4.69, 9.17) is 21.6 Å². The van der Waals surface area contributed by atoms with Gasteiger partial charge < -0.3 is 15.0 Å². The highest BCUT2D eigenvalue weighted by Crippen LogP contribution is 2.37. The molecule has 1 aliphatic heterocycles. The Bertz CT molecular complexity index is 1020. The first-order chi connectivity index (χ1) is 14.1. The lowest BCUT2D eigenvalue weighted by atomic mass is 10.2. The van der Waals surface area contributed by atoms with Gasteiger partial charge in [-0.05, 0) is 36.4 Å². The van der Waals surface area contributed by atoms with Gasteiger partial charge in [-0.2, -0.15) is 18.4 Å². The first kappa shape index (κ1) is 21.4. The van der Waals surface area contributed by atoms with Crippen LogP contribution in [-0.4, -0.2) is 35.9 Å². The molecule has 2 atom stereocenters. The number of rotatable bonds is 4. The molecule has 3 rings (SSSR count). The van der Waals surface area contributed by atoms with Crippen LogP contribution in [0.5, 0.6) is 0 Å². The van der Waals surface area contributed by atoms with Gasteiger partial charge in [-0.3, -0.25) is 14.9 Å². The summed E-state index contributed by atoms with van der Waals surface area (Å²) in [5.41, 5.74) is 0.0901. The molecular formula is C18H12ClF3N4O4. The minimum atomic E-state index is -4.84. The molecule has 0 radical (unpaired) electrons. The number of nitrogens with zero attached hydrogens (tertiary/aromatic N) is 3. The molecule has 1 aliphatic rings. The number of alkyl halides is 3. The molecule has 156 valence electrons. The molecule has 30 heavy (non-hydrogen) atoms. The van der Waals surface area contributed by atoms with Crippen molar-refractivity contribution in [1.29, 1.82) is 5.26 Å². The number of nitro benzene ring substituents is 1. The number of nitro groups is 1. The van der Waals surface area contributed by atoms with E-state index in [0.29, 0.717) is 5.56 Å². The number of nitrogens with one attached hydrogen (secondary N) is 1. The number of carbonyl (C=O) groups is 1. The second-order valence-electron chi connectivity index (χ2n) is 6.24. The van der Waals surface area contributed by atoms with E-state index in [2.05, 4.69) is 5.32 Å². The van der Waals surface area contributed by atoms with Gasteiger partial charge in [0.15, 0.2) is 6.10 Å². The summed E-state index contributed by atoms with van der Waals surface area (Å²) in [7, 11) is 0.